The number of para-hydroxylation sites is 1. The Morgan fingerprint density at radius 2 is 1.73 bits per heavy atom. The van der Waals surface area contributed by atoms with Crippen LogP contribution in [0.15, 0.2) is 70.8 Å². The number of fused-ring (bicyclic) bond motifs is 1. The van der Waals surface area contributed by atoms with Gasteiger partial charge in [0.15, 0.2) is 0 Å². The molecule has 2 aromatic heterocycles. The van der Waals surface area contributed by atoms with Gasteiger partial charge in [-0.05, 0) is 35.2 Å². The van der Waals surface area contributed by atoms with Gasteiger partial charge in [0.05, 0.1) is 22.6 Å². The highest BCUT2D eigenvalue weighted by molar-refractivity contribution is 7.12. The molecule has 9 heteroatoms. The van der Waals surface area contributed by atoms with Crippen molar-refractivity contribution >= 4 is 39.8 Å². The van der Waals surface area contributed by atoms with E-state index in [2.05, 4.69) is 6.07 Å². The molecule has 1 aliphatic heterocycles. The number of piperazine rings is 1. The number of esters is 1. The van der Waals surface area contributed by atoms with E-state index in [0.717, 1.165) is 16.5 Å². The summed E-state index contributed by atoms with van der Waals surface area (Å²) in [6.07, 6.45) is 0. The monoisotopic (exact) mass is 512 g/mol. The molecule has 0 spiro atoms. The summed E-state index contributed by atoms with van der Waals surface area (Å²) in [5.74, 6) is 0.0364. The fourth-order valence-corrected chi connectivity index (χ4v) is 5.37. The Labute approximate surface area is 217 Å². The summed E-state index contributed by atoms with van der Waals surface area (Å²) in [4.78, 5) is 42.1. The molecule has 37 heavy (non-hydrogen) atoms. The lowest BCUT2D eigenvalue weighted by molar-refractivity contribution is -0.131. The van der Waals surface area contributed by atoms with Gasteiger partial charge < -0.3 is 19.1 Å². The normalized spacial score (nSPS) is 13.4. The van der Waals surface area contributed by atoms with Crippen molar-refractivity contribution in [2.45, 2.75) is 13.5 Å². The van der Waals surface area contributed by atoms with Crippen LogP contribution in [0.1, 0.15) is 27.7 Å². The molecule has 0 bridgehead atoms. The quantitative estimate of drug-likeness (QED) is 0.298. The lowest BCUT2D eigenvalue weighted by Crippen LogP contribution is -2.49. The minimum absolute atomic E-state index is 0.00940. The minimum atomic E-state index is -0.402. The fraction of sp³-hybridized carbons (Fsp3) is 0.214. The number of nitrogens with zero attached hydrogens (tertiary/aromatic N) is 4. The standard InChI is InChI=1S/C28H24N4O4S/c1-19(33)36-21-10-8-20(9-11-21)18-32-24-6-3-2-5-22(24)26(23(17-29)27(32)34)30-12-14-31(15-13-30)28(35)25-7-4-16-37-25/h2-11,16H,12-15,18H2,1H3. The zero-order valence-corrected chi connectivity index (χ0v) is 21.0. The molecule has 4 aromatic rings. The molecule has 0 radical (unpaired) electrons. The molecule has 0 atom stereocenters. The predicted molar refractivity (Wildman–Crippen MR) is 142 cm³/mol. The van der Waals surface area contributed by atoms with Gasteiger partial charge in [-0.2, -0.15) is 5.26 Å². The topological polar surface area (TPSA) is 95.6 Å². The van der Waals surface area contributed by atoms with Crippen molar-refractivity contribution in [3.63, 3.8) is 0 Å². The smallest absolute Gasteiger partial charge is 0.308 e. The molecule has 0 aliphatic carbocycles. The van der Waals surface area contributed by atoms with Crippen LogP contribution in [0.2, 0.25) is 0 Å². The maximum atomic E-state index is 13.6. The van der Waals surface area contributed by atoms with Crippen molar-refractivity contribution in [1.82, 2.24) is 9.47 Å². The van der Waals surface area contributed by atoms with Crippen molar-refractivity contribution in [2.75, 3.05) is 31.1 Å². The van der Waals surface area contributed by atoms with Crippen LogP contribution < -0.4 is 15.2 Å². The zero-order valence-electron chi connectivity index (χ0n) is 20.2. The van der Waals surface area contributed by atoms with Crippen LogP contribution in [0.3, 0.4) is 0 Å². The number of hydrogen-bond acceptors (Lipinski definition) is 7. The van der Waals surface area contributed by atoms with Crippen LogP contribution in [0, 0.1) is 11.3 Å². The Kier molecular flexibility index (Phi) is 6.75. The summed E-state index contributed by atoms with van der Waals surface area (Å²) < 4.78 is 6.70. The number of pyridine rings is 1. The third-order valence-electron chi connectivity index (χ3n) is 6.40. The number of benzene rings is 2. The van der Waals surface area contributed by atoms with E-state index in [1.54, 1.807) is 28.8 Å². The third kappa shape index (κ3) is 4.84. The SMILES string of the molecule is CC(=O)Oc1ccc(Cn2c(=O)c(C#N)c(N3CCN(C(=O)c4cccs4)CC3)c3ccccc32)cc1. The van der Waals surface area contributed by atoms with Gasteiger partial charge in [-0.3, -0.25) is 14.4 Å². The van der Waals surface area contributed by atoms with Gasteiger partial charge in [-0.25, -0.2) is 0 Å². The van der Waals surface area contributed by atoms with Crippen molar-refractivity contribution < 1.29 is 14.3 Å². The summed E-state index contributed by atoms with van der Waals surface area (Å²) in [5, 5.41) is 12.8. The maximum Gasteiger partial charge on any atom is 0.308 e. The van der Waals surface area contributed by atoms with Gasteiger partial charge in [-0.1, -0.05) is 36.4 Å². The molecule has 1 amide bonds. The van der Waals surface area contributed by atoms with Crippen molar-refractivity contribution in [3.8, 4) is 11.8 Å². The summed E-state index contributed by atoms with van der Waals surface area (Å²) in [5.41, 5.74) is 1.90. The van der Waals surface area contributed by atoms with Crippen molar-refractivity contribution in [3.05, 3.63) is 92.4 Å². The average Bonchev–Trinajstić information content (AvgIpc) is 3.45. The van der Waals surface area contributed by atoms with E-state index in [9.17, 15) is 19.6 Å². The number of amides is 1. The first-order chi connectivity index (χ1) is 18.0. The van der Waals surface area contributed by atoms with E-state index < -0.39 is 5.97 Å². The average molecular weight is 513 g/mol. The summed E-state index contributed by atoms with van der Waals surface area (Å²) in [7, 11) is 0. The molecule has 0 unspecified atom stereocenters. The molecule has 1 fully saturated rings. The molecular weight excluding hydrogens is 488 g/mol. The number of hydrogen-bond donors (Lipinski definition) is 0. The largest absolute Gasteiger partial charge is 0.427 e. The number of carbonyl (C=O) groups is 2. The Bertz CT molecular complexity index is 1560. The summed E-state index contributed by atoms with van der Waals surface area (Å²) >= 11 is 1.42. The van der Waals surface area contributed by atoms with Crippen LogP contribution in [0.25, 0.3) is 10.9 Å². The van der Waals surface area contributed by atoms with E-state index in [0.29, 0.717) is 42.5 Å². The lowest BCUT2D eigenvalue weighted by Gasteiger charge is -2.37. The van der Waals surface area contributed by atoms with Crippen LogP contribution in [0.5, 0.6) is 5.75 Å². The second-order valence-corrected chi connectivity index (χ2v) is 9.69. The second-order valence-electron chi connectivity index (χ2n) is 8.74. The van der Waals surface area contributed by atoms with Crippen LogP contribution >= 0.6 is 11.3 Å². The van der Waals surface area contributed by atoms with Gasteiger partial charge in [0, 0.05) is 38.5 Å². The number of thiophene rings is 1. The highest BCUT2D eigenvalue weighted by Gasteiger charge is 2.27. The Balaban J connectivity index is 1.47. The first kappa shape index (κ1) is 24.3. The number of aromatic nitrogens is 1. The maximum absolute atomic E-state index is 13.6. The molecule has 1 aliphatic rings. The van der Waals surface area contributed by atoms with Gasteiger partial charge >= 0.3 is 5.97 Å². The van der Waals surface area contributed by atoms with E-state index in [-0.39, 0.29) is 23.6 Å². The van der Waals surface area contributed by atoms with E-state index in [1.165, 1.54) is 18.3 Å². The van der Waals surface area contributed by atoms with E-state index in [4.69, 9.17) is 4.74 Å². The van der Waals surface area contributed by atoms with E-state index in [1.807, 2.05) is 51.6 Å². The lowest BCUT2D eigenvalue weighted by atomic mass is 10.1. The number of carbonyl (C=O) groups excluding carboxylic acids is 2. The molecular formula is C28H24N4O4S. The highest BCUT2D eigenvalue weighted by atomic mass is 32.1. The fourth-order valence-electron chi connectivity index (χ4n) is 4.68. The number of rotatable bonds is 5. The molecule has 8 nitrogen and oxygen atoms in total. The van der Waals surface area contributed by atoms with Gasteiger partial charge in [0.1, 0.15) is 17.4 Å². The van der Waals surface area contributed by atoms with Gasteiger partial charge in [-0.15, -0.1) is 11.3 Å². The highest BCUT2D eigenvalue weighted by Crippen LogP contribution is 2.30. The summed E-state index contributed by atoms with van der Waals surface area (Å²) in [6, 6.07) is 20.4. The Morgan fingerprint density at radius 1 is 1.00 bits per heavy atom. The summed E-state index contributed by atoms with van der Waals surface area (Å²) in [6.45, 7) is 3.67. The predicted octanol–water partition coefficient (Wildman–Crippen LogP) is 3.87. The minimum Gasteiger partial charge on any atom is -0.427 e. The number of anilines is 1. The van der Waals surface area contributed by atoms with Crippen LogP contribution in [-0.2, 0) is 11.3 Å². The first-order valence-corrected chi connectivity index (χ1v) is 12.7. The van der Waals surface area contributed by atoms with Crippen molar-refractivity contribution in [1.29, 1.82) is 5.26 Å². The van der Waals surface area contributed by atoms with Gasteiger partial charge in [0.25, 0.3) is 11.5 Å². The Hall–Kier alpha value is -4.42. The zero-order chi connectivity index (χ0) is 25.9. The van der Waals surface area contributed by atoms with E-state index >= 15 is 0 Å². The molecule has 1 saturated heterocycles. The second kappa shape index (κ2) is 10.3. The number of ether oxygens (including phenoxy) is 1. The molecule has 3 heterocycles. The van der Waals surface area contributed by atoms with Crippen LogP contribution in [0.4, 0.5) is 5.69 Å². The first-order valence-electron chi connectivity index (χ1n) is 11.9. The molecule has 186 valence electrons. The number of nitriles is 1. The van der Waals surface area contributed by atoms with Crippen molar-refractivity contribution in [2.24, 2.45) is 0 Å². The van der Waals surface area contributed by atoms with Crippen LogP contribution in [-0.4, -0.2) is 47.5 Å². The van der Waals surface area contributed by atoms with Gasteiger partial charge in [0.2, 0.25) is 0 Å². The Morgan fingerprint density at radius 3 is 2.38 bits per heavy atom. The third-order valence-corrected chi connectivity index (χ3v) is 7.26. The molecule has 2 aromatic carbocycles. The molecule has 0 saturated carbocycles. The molecule has 5 rings (SSSR count). The molecule has 0 N–H and O–H groups in total.